The molecule has 0 radical (unpaired) electrons. The minimum absolute atomic E-state index is 0.00672. The Hall–Kier alpha value is -0.650. The van der Waals surface area contributed by atoms with Gasteiger partial charge in [0.15, 0.2) is 0 Å². The monoisotopic (exact) mass is 217 g/mol. The molecule has 1 fully saturated rings. The Bertz CT molecular complexity index is 210. The van der Waals surface area contributed by atoms with Crippen molar-refractivity contribution < 1.29 is 19.7 Å². The first-order valence-electron chi connectivity index (χ1n) is 5.29. The van der Waals surface area contributed by atoms with Crippen molar-refractivity contribution in [2.45, 2.75) is 31.4 Å². The van der Waals surface area contributed by atoms with Gasteiger partial charge in [0.25, 0.3) is 0 Å². The van der Waals surface area contributed by atoms with Crippen molar-refractivity contribution >= 4 is 5.97 Å². The van der Waals surface area contributed by atoms with Gasteiger partial charge in [-0.2, -0.15) is 0 Å². The van der Waals surface area contributed by atoms with E-state index >= 15 is 0 Å². The van der Waals surface area contributed by atoms with E-state index in [1.165, 1.54) is 0 Å². The molecule has 1 heterocycles. The molecule has 0 aromatic carbocycles. The summed E-state index contributed by atoms with van der Waals surface area (Å²) in [4.78, 5) is 12.3. The van der Waals surface area contributed by atoms with Crippen LogP contribution in [0.4, 0.5) is 0 Å². The predicted molar refractivity (Wildman–Crippen MR) is 54.7 cm³/mol. The van der Waals surface area contributed by atoms with Gasteiger partial charge in [0.05, 0.1) is 25.7 Å². The molecule has 1 aliphatic heterocycles. The van der Waals surface area contributed by atoms with Gasteiger partial charge in [-0.25, -0.2) is 0 Å². The van der Waals surface area contributed by atoms with Gasteiger partial charge in [-0.3, -0.25) is 4.79 Å². The summed E-state index contributed by atoms with van der Waals surface area (Å²) < 4.78 is 5.11. The van der Waals surface area contributed by atoms with Gasteiger partial charge < -0.3 is 19.8 Å². The Morgan fingerprint density at radius 1 is 1.67 bits per heavy atom. The van der Waals surface area contributed by atoms with Crippen LogP contribution in [0.25, 0.3) is 0 Å². The molecule has 0 unspecified atom stereocenters. The molecule has 0 saturated carbocycles. The third kappa shape index (κ3) is 4.15. The number of aliphatic hydroxyl groups excluding tert-OH is 1. The number of likely N-dealkylation sites (N-methyl/N-ethyl adjacent to an activating group) is 1. The van der Waals surface area contributed by atoms with E-state index < -0.39 is 12.1 Å². The minimum atomic E-state index is -0.873. The third-order valence-corrected chi connectivity index (χ3v) is 2.77. The average Bonchev–Trinajstić information content (AvgIpc) is 2.58. The maximum Gasteiger partial charge on any atom is 0.305 e. The second-order valence-corrected chi connectivity index (χ2v) is 3.98. The summed E-state index contributed by atoms with van der Waals surface area (Å²) in [5.74, 6) is -0.873. The van der Waals surface area contributed by atoms with Crippen molar-refractivity contribution in [3.63, 3.8) is 0 Å². The zero-order chi connectivity index (χ0) is 11.3. The summed E-state index contributed by atoms with van der Waals surface area (Å²) in [7, 11) is 1.98. The normalized spacial score (nSPS) is 24.3. The molecule has 5 nitrogen and oxygen atoms in total. The lowest BCUT2D eigenvalue weighted by Crippen LogP contribution is -2.39. The van der Waals surface area contributed by atoms with E-state index in [1.54, 1.807) is 0 Å². The van der Waals surface area contributed by atoms with Crippen LogP contribution >= 0.6 is 0 Å². The quantitative estimate of drug-likeness (QED) is 0.610. The minimum Gasteiger partial charge on any atom is -0.481 e. The number of carbonyl (C=O) groups is 1. The molecule has 5 heteroatoms. The van der Waals surface area contributed by atoms with Crippen LogP contribution in [0.5, 0.6) is 0 Å². The maximum absolute atomic E-state index is 10.2. The molecular formula is C10H19NO4. The van der Waals surface area contributed by atoms with Crippen LogP contribution in [0.2, 0.25) is 0 Å². The number of ether oxygens (including phenoxy) is 1. The van der Waals surface area contributed by atoms with E-state index in [9.17, 15) is 9.90 Å². The first-order chi connectivity index (χ1) is 7.11. The largest absolute Gasteiger partial charge is 0.481 e. The highest BCUT2D eigenvalue weighted by atomic mass is 16.5. The van der Waals surface area contributed by atoms with Crippen molar-refractivity contribution in [3.05, 3.63) is 0 Å². The molecule has 0 amide bonds. The van der Waals surface area contributed by atoms with Crippen molar-refractivity contribution in [2.75, 3.05) is 26.8 Å². The van der Waals surface area contributed by atoms with Crippen LogP contribution < -0.4 is 0 Å². The van der Waals surface area contributed by atoms with Crippen molar-refractivity contribution in [1.82, 2.24) is 4.90 Å². The third-order valence-electron chi connectivity index (χ3n) is 2.77. The fourth-order valence-corrected chi connectivity index (χ4v) is 1.90. The van der Waals surface area contributed by atoms with Crippen molar-refractivity contribution in [2.24, 2.45) is 0 Å². The molecule has 15 heavy (non-hydrogen) atoms. The van der Waals surface area contributed by atoms with Gasteiger partial charge in [0.1, 0.15) is 0 Å². The number of likely N-dealkylation sites (tertiary alicyclic amines) is 1. The molecular weight excluding hydrogens is 198 g/mol. The molecule has 0 aromatic rings. The van der Waals surface area contributed by atoms with Crippen LogP contribution in [-0.2, 0) is 9.53 Å². The molecule has 2 atom stereocenters. The van der Waals surface area contributed by atoms with Crippen LogP contribution in [0.1, 0.15) is 19.3 Å². The maximum atomic E-state index is 10.2. The molecule has 88 valence electrons. The first-order valence-corrected chi connectivity index (χ1v) is 5.29. The average molecular weight is 217 g/mol. The lowest BCUT2D eigenvalue weighted by Gasteiger charge is -2.24. The van der Waals surface area contributed by atoms with Gasteiger partial charge in [-0.05, 0) is 26.4 Å². The summed E-state index contributed by atoms with van der Waals surface area (Å²) in [6.45, 7) is 1.40. The number of aliphatic carboxylic acids is 1. The lowest BCUT2D eigenvalue weighted by molar-refractivity contribution is -0.138. The lowest BCUT2D eigenvalue weighted by atomic mass is 10.1. The number of carboxylic acid groups (broad SMARTS) is 1. The summed E-state index contributed by atoms with van der Waals surface area (Å²) in [6.07, 6.45) is 1.58. The molecule has 0 spiro atoms. The highest BCUT2D eigenvalue weighted by Gasteiger charge is 2.27. The van der Waals surface area contributed by atoms with Crippen molar-refractivity contribution in [3.8, 4) is 0 Å². The Morgan fingerprint density at radius 3 is 2.93 bits per heavy atom. The van der Waals surface area contributed by atoms with E-state index in [-0.39, 0.29) is 25.7 Å². The molecule has 2 N–H and O–H groups in total. The van der Waals surface area contributed by atoms with Crippen LogP contribution in [-0.4, -0.2) is 60.0 Å². The van der Waals surface area contributed by atoms with Gasteiger partial charge >= 0.3 is 5.97 Å². The van der Waals surface area contributed by atoms with E-state index in [4.69, 9.17) is 9.84 Å². The fourth-order valence-electron chi connectivity index (χ4n) is 1.90. The standard InChI is InChI=1S/C10H19NO4/c1-11-5-2-3-8(11)9(12)7-15-6-4-10(13)14/h8-9,12H,2-7H2,1H3,(H,13,14)/t8-,9+/m0/s1. The highest BCUT2D eigenvalue weighted by molar-refractivity contribution is 5.66. The Kier molecular flexibility index (Phi) is 5.01. The van der Waals surface area contributed by atoms with Gasteiger partial charge in [-0.1, -0.05) is 0 Å². The Morgan fingerprint density at radius 2 is 2.40 bits per heavy atom. The van der Waals surface area contributed by atoms with Crippen molar-refractivity contribution in [1.29, 1.82) is 0 Å². The topological polar surface area (TPSA) is 70.0 Å². The van der Waals surface area contributed by atoms with E-state index in [0.29, 0.717) is 0 Å². The van der Waals surface area contributed by atoms with Gasteiger partial charge in [0, 0.05) is 6.04 Å². The SMILES string of the molecule is CN1CCC[C@H]1[C@H](O)COCCC(=O)O. The number of aliphatic hydroxyl groups is 1. The number of rotatable bonds is 6. The molecule has 1 aliphatic rings. The Balaban J connectivity index is 2.12. The fraction of sp³-hybridized carbons (Fsp3) is 0.900. The summed E-state index contributed by atoms with van der Waals surface area (Å²) in [5.41, 5.74) is 0. The van der Waals surface area contributed by atoms with Crippen LogP contribution in [0, 0.1) is 0 Å². The number of hydrogen-bond donors (Lipinski definition) is 2. The molecule has 0 aliphatic carbocycles. The van der Waals surface area contributed by atoms with E-state index in [1.807, 2.05) is 7.05 Å². The summed E-state index contributed by atoms with van der Waals surface area (Å²) in [5, 5.41) is 18.2. The molecule has 1 rings (SSSR count). The molecule has 1 saturated heterocycles. The molecule has 0 bridgehead atoms. The highest BCUT2D eigenvalue weighted by Crippen LogP contribution is 2.18. The van der Waals surface area contributed by atoms with E-state index in [0.717, 1.165) is 19.4 Å². The first kappa shape index (κ1) is 12.4. The smallest absolute Gasteiger partial charge is 0.305 e. The number of nitrogens with zero attached hydrogens (tertiary/aromatic N) is 1. The number of hydrogen-bond acceptors (Lipinski definition) is 4. The van der Waals surface area contributed by atoms with E-state index in [2.05, 4.69) is 4.90 Å². The Labute approximate surface area is 89.6 Å². The summed E-state index contributed by atoms with van der Waals surface area (Å²) >= 11 is 0. The zero-order valence-electron chi connectivity index (χ0n) is 9.06. The second kappa shape index (κ2) is 6.05. The predicted octanol–water partition coefficient (Wildman–Crippen LogP) is -0.0672. The second-order valence-electron chi connectivity index (χ2n) is 3.98. The summed E-state index contributed by atoms with van der Waals surface area (Å²) in [6, 6.07) is 0.162. The zero-order valence-corrected chi connectivity index (χ0v) is 9.06. The van der Waals surface area contributed by atoms with Crippen LogP contribution in [0.3, 0.4) is 0 Å². The van der Waals surface area contributed by atoms with Gasteiger partial charge in [-0.15, -0.1) is 0 Å². The van der Waals surface area contributed by atoms with Crippen LogP contribution in [0.15, 0.2) is 0 Å². The molecule has 0 aromatic heterocycles. The number of carboxylic acids is 1. The van der Waals surface area contributed by atoms with Gasteiger partial charge in [0.2, 0.25) is 0 Å².